The molecule has 2 aliphatic heterocycles. The summed E-state index contributed by atoms with van der Waals surface area (Å²) in [5.41, 5.74) is 3.09. The van der Waals surface area contributed by atoms with Gasteiger partial charge in [-0.2, -0.15) is 4.31 Å². The highest BCUT2D eigenvalue weighted by Crippen LogP contribution is 2.39. The summed E-state index contributed by atoms with van der Waals surface area (Å²) in [5, 5.41) is 12.3. The monoisotopic (exact) mass is 711 g/mol. The van der Waals surface area contributed by atoms with Crippen molar-refractivity contribution in [2.24, 2.45) is 5.92 Å². The molecule has 2 aliphatic rings. The van der Waals surface area contributed by atoms with Crippen molar-refractivity contribution in [2.45, 2.75) is 49.8 Å². The van der Waals surface area contributed by atoms with Crippen LogP contribution in [0.3, 0.4) is 0 Å². The standard InChI is InChI=1S/C32H31Cl2N7O6S/c1-19(31(44)45)13-37-29(42)26-3-2-8-40(26)48(46,47)28-16-38-32-39(17-21-9-24(33)12-25(34)10-21)30(43)27(41(28)32)11-20-4-6-22(7-5-20)23-14-35-18-36-15-23/h4-7,9-10,12,14-16,18-19,26-27H,2-3,8,11,13,17H2,1H3,(H,37,42)(H,44,45)/t19?,26-,27+/m0/s1. The summed E-state index contributed by atoms with van der Waals surface area (Å²) in [5.74, 6) is -2.75. The Bertz CT molecular complexity index is 1950. The minimum Gasteiger partial charge on any atom is -0.481 e. The van der Waals surface area contributed by atoms with Gasteiger partial charge in [-0.05, 0) is 47.7 Å². The molecule has 2 aromatic carbocycles. The number of nitrogens with zero attached hydrogens (tertiary/aromatic N) is 6. The van der Waals surface area contributed by atoms with Crippen LogP contribution in [-0.2, 0) is 37.4 Å². The lowest BCUT2D eigenvalue weighted by atomic mass is 10.0. The van der Waals surface area contributed by atoms with E-state index < -0.39 is 39.9 Å². The van der Waals surface area contributed by atoms with E-state index in [4.69, 9.17) is 23.2 Å². The minimum atomic E-state index is -4.35. The number of imidazole rings is 1. The largest absolute Gasteiger partial charge is 0.481 e. The van der Waals surface area contributed by atoms with Gasteiger partial charge in [-0.1, -0.05) is 54.4 Å². The summed E-state index contributed by atoms with van der Waals surface area (Å²) in [4.78, 5) is 52.4. The van der Waals surface area contributed by atoms with E-state index in [1.54, 1.807) is 30.6 Å². The summed E-state index contributed by atoms with van der Waals surface area (Å²) in [7, 11) is -4.35. The second kappa shape index (κ2) is 13.6. The number of amides is 2. The van der Waals surface area contributed by atoms with Crippen molar-refractivity contribution in [3.05, 3.63) is 88.6 Å². The van der Waals surface area contributed by atoms with Crippen LogP contribution in [0.4, 0.5) is 5.95 Å². The first-order valence-corrected chi connectivity index (χ1v) is 17.3. The smallest absolute Gasteiger partial charge is 0.308 e. The third kappa shape index (κ3) is 6.65. The Balaban J connectivity index is 1.34. The lowest BCUT2D eigenvalue weighted by molar-refractivity contribution is -0.141. The van der Waals surface area contributed by atoms with Crippen LogP contribution in [0.1, 0.15) is 36.9 Å². The Morgan fingerprint density at radius 3 is 2.38 bits per heavy atom. The van der Waals surface area contributed by atoms with Crippen molar-refractivity contribution in [3.8, 4) is 11.1 Å². The van der Waals surface area contributed by atoms with Gasteiger partial charge < -0.3 is 10.4 Å². The van der Waals surface area contributed by atoms with Crippen molar-refractivity contribution in [2.75, 3.05) is 18.0 Å². The van der Waals surface area contributed by atoms with Gasteiger partial charge in [0, 0.05) is 47.5 Å². The van der Waals surface area contributed by atoms with Crippen LogP contribution in [0.15, 0.2) is 72.4 Å². The van der Waals surface area contributed by atoms with Crippen molar-refractivity contribution in [1.29, 1.82) is 0 Å². The highest BCUT2D eigenvalue weighted by atomic mass is 35.5. The van der Waals surface area contributed by atoms with Gasteiger partial charge >= 0.3 is 5.97 Å². The van der Waals surface area contributed by atoms with Crippen LogP contribution in [0.25, 0.3) is 11.1 Å². The maximum atomic E-state index is 14.3. The second-order valence-corrected chi connectivity index (χ2v) is 14.5. The molecule has 48 heavy (non-hydrogen) atoms. The third-order valence-electron chi connectivity index (χ3n) is 8.47. The molecular weight excluding hydrogens is 681 g/mol. The average molecular weight is 713 g/mol. The van der Waals surface area contributed by atoms with Gasteiger partial charge in [-0.3, -0.25) is 23.9 Å². The Kier molecular flexibility index (Phi) is 9.52. The van der Waals surface area contributed by atoms with Crippen LogP contribution in [0, 0.1) is 5.92 Å². The third-order valence-corrected chi connectivity index (χ3v) is 10.8. The molecule has 0 radical (unpaired) electrons. The maximum absolute atomic E-state index is 14.3. The molecule has 2 aromatic heterocycles. The predicted molar refractivity (Wildman–Crippen MR) is 177 cm³/mol. The first kappa shape index (κ1) is 33.5. The summed E-state index contributed by atoms with van der Waals surface area (Å²) in [6.45, 7) is 1.42. The molecule has 1 fully saturated rings. The number of halogens is 2. The van der Waals surface area contributed by atoms with E-state index in [1.807, 2.05) is 24.3 Å². The topological polar surface area (TPSA) is 168 Å². The van der Waals surface area contributed by atoms with Crippen LogP contribution in [0.5, 0.6) is 0 Å². The number of hydrogen-bond donors (Lipinski definition) is 2. The van der Waals surface area contributed by atoms with E-state index in [1.165, 1.54) is 28.9 Å². The minimum absolute atomic E-state index is 0.0373. The molecular formula is C32H31Cl2N7O6S. The quantitative estimate of drug-likeness (QED) is 0.234. The lowest BCUT2D eigenvalue weighted by Crippen LogP contribution is -2.47. The summed E-state index contributed by atoms with van der Waals surface area (Å²) in [6, 6.07) is 10.4. The molecule has 1 saturated heterocycles. The van der Waals surface area contributed by atoms with Crippen molar-refractivity contribution < 1.29 is 27.9 Å². The highest BCUT2D eigenvalue weighted by molar-refractivity contribution is 7.89. The van der Waals surface area contributed by atoms with Crippen LogP contribution >= 0.6 is 23.2 Å². The Labute approximate surface area is 286 Å². The number of carbonyl (C=O) groups excluding carboxylic acids is 2. The zero-order valence-corrected chi connectivity index (χ0v) is 28.0. The molecule has 16 heteroatoms. The number of hydrogen-bond acceptors (Lipinski definition) is 8. The normalized spacial score (nSPS) is 18.6. The molecule has 3 atom stereocenters. The summed E-state index contributed by atoms with van der Waals surface area (Å²) < 4.78 is 31.1. The zero-order valence-electron chi connectivity index (χ0n) is 25.7. The van der Waals surface area contributed by atoms with Crippen molar-refractivity contribution in [3.63, 3.8) is 0 Å². The molecule has 0 spiro atoms. The number of benzene rings is 2. The van der Waals surface area contributed by atoms with E-state index >= 15 is 0 Å². The fourth-order valence-electron chi connectivity index (χ4n) is 5.99. The van der Waals surface area contributed by atoms with Gasteiger partial charge in [0.05, 0.1) is 18.7 Å². The fraction of sp³-hybridized carbons (Fsp3) is 0.312. The zero-order chi connectivity index (χ0) is 34.2. The molecule has 0 bridgehead atoms. The maximum Gasteiger partial charge on any atom is 0.308 e. The van der Waals surface area contributed by atoms with Gasteiger partial charge in [0.15, 0.2) is 5.03 Å². The number of rotatable bonds is 11. The van der Waals surface area contributed by atoms with Gasteiger partial charge in [-0.15, -0.1) is 0 Å². The van der Waals surface area contributed by atoms with E-state index in [2.05, 4.69) is 20.3 Å². The van der Waals surface area contributed by atoms with E-state index in [-0.39, 0.29) is 49.4 Å². The van der Waals surface area contributed by atoms with E-state index in [0.717, 1.165) is 21.0 Å². The second-order valence-electron chi connectivity index (χ2n) is 11.8. The molecule has 250 valence electrons. The number of aromatic nitrogens is 4. The van der Waals surface area contributed by atoms with Crippen molar-refractivity contribution in [1.82, 2.24) is 29.1 Å². The number of fused-ring (bicyclic) bond motifs is 1. The molecule has 1 unspecified atom stereocenters. The number of nitrogens with one attached hydrogen (secondary N) is 1. The average Bonchev–Trinajstić information content (AvgIpc) is 3.79. The number of carbonyl (C=O) groups is 3. The molecule has 2 amide bonds. The van der Waals surface area contributed by atoms with E-state index in [9.17, 15) is 27.9 Å². The molecule has 4 aromatic rings. The Morgan fingerprint density at radius 2 is 1.71 bits per heavy atom. The van der Waals surface area contributed by atoms with E-state index in [0.29, 0.717) is 22.0 Å². The number of aliphatic carboxylic acids is 1. The summed E-state index contributed by atoms with van der Waals surface area (Å²) >= 11 is 12.5. The molecule has 0 aliphatic carbocycles. The first-order valence-electron chi connectivity index (χ1n) is 15.1. The predicted octanol–water partition coefficient (Wildman–Crippen LogP) is 3.97. The van der Waals surface area contributed by atoms with Crippen LogP contribution < -0.4 is 10.2 Å². The van der Waals surface area contributed by atoms with Gasteiger partial charge in [-0.25, -0.2) is 23.4 Å². The number of carboxylic acids is 1. The summed E-state index contributed by atoms with van der Waals surface area (Å²) in [6.07, 6.45) is 6.87. The van der Waals surface area contributed by atoms with Gasteiger partial charge in [0.25, 0.3) is 15.9 Å². The SMILES string of the molecule is CC(CNC(=O)[C@@H]1CCCN1S(=O)(=O)c1cnc2n1[C@H](Cc1ccc(-c3cncnc3)cc1)C(=O)N2Cc1cc(Cl)cc(Cl)c1)C(=O)O. The Morgan fingerprint density at radius 1 is 1.02 bits per heavy atom. The molecule has 13 nitrogen and oxygen atoms in total. The van der Waals surface area contributed by atoms with Gasteiger partial charge in [0.1, 0.15) is 18.4 Å². The lowest BCUT2D eigenvalue weighted by Gasteiger charge is -2.24. The molecule has 0 saturated carbocycles. The first-order chi connectivity index (χ1) is 22.9. The molecule has 6 rings (SSSR count). The number of anilines is 1. The molecule has 4 heterocycles. The number of sulfonamides is 1. The van der Waals surface area contributed by atoms with Crippen LogP contribution in [-0.4, -0.2) is 74.3 Å². The van der Waals surface area contributed by atoms with Crippen LogP contribution in [0.2, 0.25) is 10.0 Å². The Hall–Kier alpha value is -4.37. The fourth-order valence-corrected chi connectivity index (χ4v) is 8.35. The highest BCUT2D eigenvalue weighted by Gasteiger charge is 2.46. The van der Waals surface area contributed by atoms with Crippen molar-refractivity contribution >= 4 is 57.0 Å². The number of carboxylic acid groups (broad SMARTS) is 1. The van der Waals surface area contributed by atoms with Gasteiger partial charge in [0.2, 0.25) is 11.9 Å². The molecule has 2 N–H and O–H groups in total.